The van der Waals surface area contributed by atoms with Crippen molar-refractivity contribution >= 4 is 11.8 Å². The molecule has 0 radical (unpaired) electrons. The van der Waals surface area contributed by atoms with Crippen molar-refractivity contribution in [3.8, 4) is 11.3 Å². The van der Waals surface area contributed by atoms with Crippen LogP contribution in [0.3, 0.4) is 0 Å². The number of esters is 1. The van der Waals surface area contributed by atoms with Crippen molar-refractivity contribution in [3.05, 3.63) is 47.5 Å². The molecule has 2 aromatic rings. The first-order chi connectivity index (χ1) is 15.7. The molecular formula is C28H39N3O2. The van der Waals surface area contributed by atoms with Gasteiger partial charge in [0.25, 0.3) is 0 Å². The summed E-state index contributed by atoms with van der Waals surface area (Å²) in [7, 11) is 0. The Hall–Kier alpha value is -2.40. The highest BCUT2D eigenvalue weighted by atomic mass is 16.5. The molecule has 1 saturated heterocycles. The van der Waals surface area contributed by atoms with Crippen LogP contribution in [0, 0.1) is 0 Å². The van der Waals surface area contributed by atoms with Crippen LogP contribution in [0.2, 0.25) is 0 Å². The number of ether oxygens (including phenoxy) is 1. The molecule has 5 nitrogen and oxygen atoms in total. The third kappa shape index (κ3) is 5.40. The van der Waals surface area contributed by atoms with Crippen molar-refractivity contribution in [2.45, 2.75) is 64.7 Å². The van der Waals surface area contributed by atoms with Crippen LogP contribution in [-0.4, -0.2) is 55.2 Å². The lowest BCUT2D eigenvalue weighted by Crippen LogP contribution is -2.47. The number of piperazine rings is 1. The van der Waals surface area contributed by atoms with E-state index < -0.39 is 0 Å². The zero-order chi connectivity index (χ0) is 23.6. The van der Waals surface area contributed by atoms with Crippen LogP contribution in [-0.2, 0) is 20.4 Å². The van der Waals surface area contributed by atoms with Crippen molar-refractivity contribution in [2.75, 3.05) is 44.2 Å². The third-order valence-corrected chi connectivity index (χ3v) is 7.50. The highest BCUT2D eigenvalue weighted by Crippen LogP contribution is 2.46. The third-order valence-electron chi connectivity index (χ3n) is 7.50. The largest absolute Gasteiger partial charge is 0.466 e. The van der Waals surface area contributed by atoms with Gasteiger partial charge in [0, 0.05) is 45.2 Å². The number of carbonyl (C=O) groups is 1. The van der Waals surface area contributed by atoms with E-state index in [9.17, 15) is 4.79 Å². The maximum atomic E-state index is 10.9. The lowest BCUT2D eigenvalue weighted by atomic mass is 9.63. The smallest absolute Gasteiger partial charge is 0.302 e. The second-order valence-electron chi connectivity index (χ2n) is 10.9. The summed E-state index contributed by atoms with van der Waals surface area (Å²) in [6, 6.07) is 13.4. The van der Waals surface area contributed by atoms with Crippen LogP contribution < -0.4 is 4.90 Å². The molecule has 0 amide bonds. The molecule has 33 heavy (non-hydrogen) atoms. The van der Waals surface area contributed by atoms with Gasteiger partial charge in [-0.25, -0.2) is 4.98 Å². The standard InChI is InChI=1S/C28H39N3O2/c1-21(32)33-19-7-14-30-15-17-31(18-16-30)26-9-6-8-25(29-26)22-10-11-23-24(20-22)28(4,5)13-12-27(23,2)3/h6,8-11,20H,7,12-19H2,1-5H3. The van der Waals surface area contributed by atoms with E-state index in [2.05, 4.69) is 73.9 Å². The van der Waals surface area contributed by atoms with Crippen LogP contribution in [0.15, 0.2) is 36.4 Å². The zero-order valence-electron chi connectivity index (χ0n) is 21.0. The lowest BCUT2D eigenvalue weighted by Gasteiger charge is -2.42. The number of hydrogen-bond acceptors (Lipinski definition) is 5. The Kier molecular flexibility index (Phi) is 6.81. The van der Waals surface area contributed by atoms with Crippen molar-refractivity contribution in [3.63, 3.8) is 0 Å². The predicted molar refractivity (Wildman–Crippen MR) is 135 cm³/mol. The van der Waals surface area contributed by atoms with Gasteiger partial charge in [0.15, 0.2) is 0 Å². The number of carbonyl (C=O) groups excluding carboxylic acids is 1. The van der Waals surface area contributed by atoms with Gasteiger partial charge in [-0.1, -0.05) is 45.9 Å². The molecule has 0 atom stereocenters. The molecule has 5 heteroatoms. The van der Waals surface area contributed by atoms with Gasteiger partial charge < -0.3 is 9.64 Å². The molecule has 0 N–H and O–H groups in total. The molecule has 2 heterocycles. The summed E-state index contributed by atoms with van der Waals surface area (Å²) in [4.78, 5) is 20.8. The molecule has 0 saturated carbocycles. The van der Waals surface area contributed by atoms with Gasteiger partial charge in [0.2, 0.25) is 0 Å². The molecule has 1 aliphatic heterocycles. The summed E-state index contributed by atoms with van der Waals surface area (Å²) >= 11 is 0. The second-order valence-corrected chi connectivity index (χ2v) is 10.9. The van der Waals surface area contributed by atoms with Gasteiger partial charge in [-0.15, -0.1) is 0 Å². The molecule has 1 aromatic heterocycles. The number of anilines is 1. The summed E-state index contributed by atoms with van der Waals surface area (Å²) in [5, 5.41) is 0. The minimum Gasteiger partial charge on any atom is -0.466 e. The van der Waals surface area contributed by atoms with E-state index in [1.807, 2.05) is 0 Å². The number of benzene rings is 1. The van der Waals surface area contributed by atoms with E-state index in [1.165, 1.54) is 36.5 Å². The maximum absolute atomic E-state index is 10.9. The van der Waals surface area contributed by atoms with Gasteiger partial charge in [-0.3, -0.25) is 9.69 Å². The van der Waals surface area contributed by atoms with Gasteiger partial charge in [0.1, 0.15) is 5.82 Å². The van der Waals surface area contributed by atoms with Crippen molar-refractivity contribution < 1.29 is 9.53 Å². The predicted octanol–water partition coefficient (Wildman–Crippen LogP) is 5.17. The Morgan fingerprint density at radius 3 is 2.36 bits per heavy atom. The minimum atomic E-state index is -0.197. The summed E-state index contributed by atoms with van der Waals surface area (Å²) in [5.74, 6) is 0.862. The van der Waals surface area contributed by atoms with E-state index in [4.69, 9.17) is 9.72 Å². The molecule has 0 unspecified atom stereocenters. The lowest BCUT2D eigenvalue weighted by molar-refractivity contribution is -0.141. The Balaban J connectivity index is 1.45. The molecule has 1 fully saturated rings. The topological polar surface area (TPSA) is 45.7 Å². The Bertz CT molecular complexity index is 990. The van der Waals surface area contributed by atoms with Crippen LogP contribution in [0.4, 0.5) is 5.82 Å². The Morgan fingerprint density at radius 1 is 0.970 bits per heavy atom. The SMILES string of the molecule is CC(=O)OCCCN1CCN(c2cccc(-c3ccc4c(c3)C(C)(C)CCC4(C)C)n2)CC1. The average Bonchev–Trinajstić information content (AvgIpc) is 2.80. The first-order valence-corrected chi connectivity index (χ1v) is 12.4. The van der Waals surface area contributed by atoms with Crippen molar-refractivity contribution in [1.82, 2.24) is 9.88 Å². The molecule has 1 aromatic carbocycles. The first-order valence-electron chi connectivity index (χ1n) is 12.4. The second kappa shape index (κ2) is 9.46. The molecule has 1 aliphatic carbocycles. The number of nitrogens with zero attached hydrogens (tertiary/aromatic N) is 3. The highest BCUT2D eigenvalue weighted by Gasteiger charge is 2.37. The number of rotatable bonds is 6. The van der Waals surface area contributed by atoms with E-state index in [0.29, 0.717) is 6.61 Å². The quantitative estimate of drug-likeness (QED) is 0.450. The van der Waals surface area contributed by atoms with Crippen LogP contribution in [0.5, 0.6) is 0 Å². The van der Waals surface area contributed by atoms with Crippen LogP contribution in [0.1, 0.15) is 65.0 Å². The number of fused-ring (bicyclic) bond motifs is 1. The fourth-order valence-electron chi connectivity index (χ4n) is 5.21. The summed E-state index contributed by atoms with van der Waals surface area (Å²) < 4.78 is 5.05. The monoisotopic (exact) mass is 449 g/mol. The van der Waals surface area contributed by atoms with Crippen molar-refractivity contribution in [1.29, 1.82) is 0 Å². The Labute approximate surface area is 199 Å². The van der Waals surface area contributed by atoms with Gasteiger partial charge >= 0.3 is 5.97 Å². The van der Waals surface area contributed by atoms with Crippen LogP contribution in [0.25, 0.3) is 11.3 Å². The van der Waals surface area contributed by atoms with Crippen molar-refractivity contribution in [2.24, 2.45) is 0 Å². The summed E-state index contributed by atoms with van der Waals surface area (Å²) in [6.07, 6.45) is 3.34. The van der Waals surface area contributed by atoms with E-state index in [0.717, 1.165) is 50.7 Å². The fourth-order valence-corrected chi connectivity index (χ4v) is 5.21. The van der Waals surface area contributed by atoms with Gasteiger partial charge in [-0.05, 0) is 59.4 Å². The number of pyridine rings is 1. The normalized spacial score (nSPS) is 19.7. The Morgan fingerprint density at radius 2 is 1.67 bits per heavy atom. The number of aromatic nitrogens is 1. The highest BCUT2D eigenvalue weighted by molar-refractivity contribution is 5.66. The molecule has 0 bridgehead atoms. The molecule has 178 valence electrons. The first kappa shape index (κ1) is 23.7. The summed E-state index contributed by atoms with van der Waals surface area (Å²) in [5.41, 5.74) is 5.67. The van der Waals surface area contributed by atoms with Crippen LogP contribution >= 0.6 is 0 Å². The minimum absolute atomic E-state index is 0.197. The molecule has 0 spiro atoms. The van der Waals surface area contributed by atoms with E-state index in [1.54, 1.807) is 0 Å². The summed E-state index contributed by atoms with van der Waals surface area (Å²) in [6.45, 7) is 16.4. The fraction of sp³-hybridized carbons (Fsp3) is 0.571. The zero-order valence-corrected chi connectivity index (χ0v) is 21.0. The van der Waals surface area contributed by atoms with Gasteiger partial charge in [-0.2, -0.15) is 0 Å². The van der Waals surface area contributed by atoms with E-state index in [-0.39, 0.29) is 16.8 Å². The van der Waals surface area contributed by atoms with E-state index >= 15 is 0 Å². The average molecular weight is 450 g/mol. The van der Waals surface area contributed by atoms with Gasteiger partial charge in [0.05, 0.1) is 12.3 Å². The number of hydrogen-bond donors (Lipinski definition) is 0. The molecule has 2 aliphatic rings. The molecular weight excluding hydrogens is 410 g/mol. The maximum Gasteiger partial charge on any atom is 0.302 e. The molecule has 4 rings (SSSR count).